The maximum atomic E-state index is 12.4. The van der Waals surface area contributed by atoms with Crippen molar-refractivity contribution in [2.75, 3.05) is 0 Å². The molecule has 1 aliphatic carbocycles. The SMILES string of the molecule is Cc1ccccc1OC(C)C(=O)NC(C)c1ccc2c(c1)CCC2. The zero-order chi connectivity index (χ0) is 17.1. The highest BCUT2D eigenvalue weighted by Crippen LogP contribution is 2.25. The number of carbonyl (C=O) groups excluding carboxylic acids is 1. The number of nitrogens with one attached hydrogen (secondary N) is 1. The first-order valence-corrected chi connectivity index (χ1v) is 8.69. The second kappa shape index (κ2) is 7.08. The molecule has 2 atom stereocenters. The molecule has 0 aliphatic heterocycles. The standard InChI is InChI=1S/C21H25NO2/c1-14-7-4-5-10-20(14)24-16(3)21(23)22-15(2)18-12-11-17-8-6-9-19(17)13-18/h4-5,7,10-13,15-16H,6,8-9H2,1-3H3,(H,22,23). The van der Waals surface area contributed by atoms with Gasteiger partial charge < -0.3 is 10.1 Å². The van der Waals surface area contributed by atoms with E-state index >= 15 is 0 Å². The van der Waals surface area contributed by atoms with Gasteiger partial charge in [0.15, 0.2) is 6.10 Å². The summed E-state index contributed by atoms with van der Waals surface area (Å²) in [5, 5.41) is 3.06. The number of ether oxygens (including phenoxy) is 1. The van der Waals surface area contributed by atoms with Gasteiger partial charge in [-0.25, -0.2) is 0 Å². The van der Waals surface area contributed by atoms with Gasteiger partial charge in [-0.15, -0.1) is 0 Å². The Morgan fingerprint density at radius 1 is 1.08 bits per heavy atom. The molecule has 126 valence electrons. The normalized spacial score (nSPS) is 15.5. The molecule has 0 bridgehead atoms. The number of para-hydroxylation sites is 1. The lowest BCUT2D eigenvalue weighted by atomic mass is 10.0. The molecule has 3 rings (SSSR count). The second-order valence-corrected chi connectivity index (χ2v) is 6.64. The van der Waals surface area contributed by atoms with Gasteiger partial charge in [0.05, 0.1) is 6.04 Å². The first-order chi connectivity index (χ1) is 11.5. The first kappa shape index (κ1) is 16.6. The highest BCUT2D eigenvalue weighted by Gasteiger charge is 2.19. The van der Waals surface area contributed by atoms with Gasteiger partial charge >= 0.3 is 0 Å². The molecule has 0 radical (unpaired) electrons. The summed E-state index contributed by atoms with van der Waals surface area (Å²) in [6, 6.07) is 14.3. The van der Waals surface area contributed by atoms with E-state index in [1.807, 2.05) is 38.1 Å². The van der Waals surface area contributed by atoms with E-state index in [-0.39, 0.29) is 11.9 Å². The average Bonchev–Trinajstić information content (AvgIpc) is 3.04. The quantitative estimate of drug-likeness (QED) is 0.898. The fraction of sp³-hybridized carbons (Fsp3) is 0.381. The maximum absolute atomic E-state index is 12.4. The molecule has 2 aromatic rings. The summed E-state index contributed by atoms with van der Waals surface area (Å²) >= 11 is 0. The lowest BCUT2D eigenvalue weighted by Crippen LogP contribution is -2.37. The van der Waals surface area contributed by atoms with Gasteiger partial charge in [0, 0.05) is 0 Å². The van der Waals surface area contributed by atoms with Crippen LogP contribution >= 0.6 is 0 Å². The van der Waals surface area contributed by atoms with Crippen molar-refractivity contribution < 1.29 is 9.53 Å². The van der Waals surface area contributed by atoms with Crippen molar-refractivity contribution in [1.29, 1.82) is 0 Å². The number of fused-ring (bicyclic) bond motifs is 1. The Hall–Kier alpha value is -2.29. The molecule has 2 unspecified atom stereocenters. The van der Waals surface area contributed by atoms with E-state index in [4.69, 9.17) is 4.74 Å². The van der Waals surface area contributed by atoms with Gasteiger partial charge in [-0.05, 0) is 68.4 Å². The number of hydrogen-bond acceptors (Lipinski definition) is 2. The van der Waals surface area contributed by atoms with E-state index in [0.717, 1.165) is 23.3 Å². The lowest BCUT2D eigenvalue weighted by Gasteiger charge is -2.20. The fourth-order valence-corrected chi connectivity index (χ4v) is 3.21. The average molecular weight is 323 g/mol. The van der Waals surface area contributed by atoms with Crippen LogP contribution in [0, 0.1) is 6.92 Å². The highest BCUT2D eigenvalue weighted by molar-refractivity contribution is 5.81. The molecule has 1 N–H and O–H groups in total. The molecule has 0 heterocycles. The minimum Gasteiger partial charge on any atom is -0.481 e. The monoisotopic (exact) mass is 323 g/mol. The molecule has 0 saturated carbocycles. The molecule has 3 heteroatoms. The summed E-state index contributed by atoms with van der Waals surface area (Å²) in [6.07, 6.45) is 3.04. The van der Waals surface area contributed by atoms with Crippen molar-refractivity contribution in [2.24, 2.45) is 0 Å². The molecule has 1 aliphatic rings. The summed E-state index contributed by atoms with van der Waals surface area (Å²) in [7, 11) is 0. The molecule has 0 fully saturated rings. The number of benzene rings is 2. The van der Waals surface area contributed by atoms with Crippen LogP contribution in [0.25, 0.3) is 0 Å². The maximum Gasteiger partial charge on any atom is 0.261 e. The Balaban J connectivity index is 1.62. The van der Waals surface area contributed by atoms with Crippen LogP contribution in [0.5, 0.6) is 5.75 Å². The highest BCUT2D eigenvalue weighted by atomic mass is 16.5. The van der Waals surface area contributed by atoms with E-state index in [9.17, 15) is 4.79 Å². The van der Waals surface area contributed by atoms with Crippen LogP contribution in [0.4, 0.5) is 0 Å². The second-order valence-electron chi connectivity index (χ2n) is 6.64. The van der Waals surface area contributed by atoms with Gasteiger partial charge in [0.25, 0.3) is 5.91 Å². The minimum absolute atomic E-state index is 0.0219. The summed E-state index contributed by atoms with van der Waals surface area (Å²) in [5.41, 5.74) is 5.07. The molecule has 0 aromatic heterocycles. The zero-order valence-corrected chi connectivity index (χ0v) is 14.6. The first-order valence-electron chi connectivity index (χ1n) is 8.69. The van der Waals surface area contributed by atoms with E-state index in [0.29, 0.717) is 0 Å². The number of rotatable bonds is 5. The molecule has 24 heavy (non-hydrogen) atoms. The fourth-order valence-electron chi connectivity index (χ4n) is 3.21. The van der Waals surface area contributed by atoms with Crippen molar-refractivity contribution in [3.05, 3.63) is 64.7 Å². The topological polar surface area (TPSA) is 38.3 Å². The van der Waals surface area contributed by atoms with E-state index < -0.39 is 6.10 Å². The van der Waals surface area contributed by atoms with Crippen LogP contribution in [0.15, 0.2) is 42.5 Å². The summed E-state index contributed by atoms with van der Waals surface area (Å²) in [4.78, 5) is 12.4. The minimum atomic E-state index is -0.525. The van der Waals surface area contributed by atoms with Crippen LogP contribution in [-0.4, -0.2) is 12.0 Å². The number of amides is 1. The van der Waals surface area contributed by atoms with Crippen LogP contribution in [0.3, 0.4) is 0 Å². The van der Waals surface area contributed by atoms with Gasteiger partial charge in [-0.2, -0.15) is 0 Å². The van der Waals surface area contributed by atoms with Gasteiger partial charge in [0.1, 0.15) is 5.75 Å². The van der Waals surface area contributed by atoms with Crippen molar-refractivity contribution in [2.45, 2.75) is 52.2 Å². The smallest absolute Gasteiger partial charge is 0.261 e. The Morgan fingerprint density at radius 3 is 2.62 bits per heavy atom. The molecule has 2 aromatic carbocycles. The summed E-state index contributed by atoms with van der Waals surface area (Å²) in [6.45, 7) is 5.79. The Labute approximate surface area is 144 Å². The number of hydrogen-bond donors (Lipinski definition) is 1. The van der Waals surface area contributed by atoms with Crippen LogP contribution < -0.4 is 10.1 Å². The van der Waals surface area contributed by atoms with E-state index in [1.165, 1.54) is 24.0 Å². The molecule has 0 saturated heterocycles. The molecular weight excluding hydrogens is 298 g/mol. The van der Waals surface area contributed by atoms with Crippen molar-refractivity contribution in [1.82, 2.24) is 5.32 Å². The van der Waals surface area contributed by atoms with Crippen molar-refractivity contribution in [3.8, 4) is 5.75 Å². The summed E-state index contributed by atoms with van der Waals surface area (Å²) < 4.78 is 5.81. The van der Waals surface area contributed by atoms with Crippen LogP contribution in [0.2, 0.25) is 0 Å². The Bertz CT molecular complexity index is 738. The molecule has 0 spiro atoms. The van der Waals surface area contributed by atoms with E-state index in [1.54, 1.807) is 6.92 Å². The van der Waals surface area contributed by atoms with Crippen LogP contribution in [0.1, 0.15) is 48.6 Å². The lowest BCUT2D eigenvalue weighted by molar-refractivity contribution is -0.127. The van der Waals surface area contributed by atoms with Gasteiger partial charge in [0.2, 0.25) is 0 Å². The largest absolute Gasteiger partial charge is 0.481 e. The van der Waals surface area contributed by atoms with Crippen LogP contribution in [-0.2, 0) is 17.6 Å². The van der Waals surface area contributed by atoms with Gasteiger partial charge in [-0.1, -0.05) is 36.4 Å². The third kappa shape index (κ3) is 3.61. The number of carbonyl (C=O) groups is 1. The van der Waals surface area contributed by atoms with Crippen molar-refractivity contribution >= 4 is 5.91 Å². The molecular formula is C21H25NO2. The zero-order valence-electron chi connectivity index (χ0n) is 14.6. The number of aryl methyl sites for hydroxylation is 3. The Morgan fingerprint density at radius 2 is 1.83 bits per heavy atom. The Kier molecular flexibility index (Phi) is 4.89. The predicted molar refractivity (Wildman–Crippen MR) is 96.3 cm³/mol. The third-order valence-electron chi connectivity index (χ3n) is 4.75. The van der Waals surface area contributed by atoms with E-state index in [2.05, 4.69) is 23.5 Å². The van der Waals surface area contributed by atoms with Gasteiger partial charge in [-0.3, -0.25) is 4.79 Å². The third-order valence-corrected chi connectivity index (χ3v) is 4.75. The molecule has 3 nitrogen and oxygen atoms in total. The molecule has 1 amide bonds. The summed E-state index contributed by atoms with van der Waals surface area (Å²) in [5.74, 6) is 0.664. The van der Waals surface area contributed by atoms with Crippen molar-refractivity contribution in [3.63, 3.8) is 0 Å². The predicted octanol–water partition coefficient (Wildman–Crippen LogP) is 4.13.